The Bertz CT molecular complexity index is 359. The molecule has 5 nitrogen and oxygen atoms in total. The first kappa shape index (κ1) is 11.5. The predicted octanol–water partition coefficient (Wildman–Crippen LogP) is 1.26. The number of ether oxygens (including phenoxy) is 1. The van der Waals surface area contributed by atoms with Gasteiger partial charge in [0.25, 0.3) is 0 Å². The third-order valence-corrected chi connectivity index (χ3v) is 2.91. The van der Waals surface area contributed by atoms with Crippen molar-refractivity contribution >= 4 is 0 Å². The number of hydrogen-bond donors (Lipinski definition) is 1. The highest BCUT2D eigenvalue weighted by Crippen LogP contribution is 2.29. The molecule has 2 unspecified atom stereocenters. The smallest absolute Gasteiger partial charge is 0.166 e. The summed E-state index contributed by atoms with van der Waals surface area (Å²) in [5.74, 6) is 0.692. The average molecular weight is 224 g/mol. The molecule has 90 valence electrons. The first-order chi connectivity index (χ1) is 7.46. The van der Waals surface area contributed by atoms with Crippen molar-refractivity contribution in [2.24, 2.45) is 5.73 Å². The molecule has 0 spiro atoms. The maximum Gasteiger partial charge on any atom is 0.166 e. The van der Waals surface area contributed by atoms with Crippen molar-refractivity contribution < 1.29 is 4.74 Å². The van der Waals surface area contributed by atoms with Crippen LogP contribution in [0.15, 0.2) is 6.33 Å². The van der Waals surface area contributed by atoms with Gasteiger partial charge >= 0.3 is 0 Å². The number of rotatable bonds is 3. The molecule has 0 aromatic carbocycles. The molecule has 1 aromatic heterocycles. The topological polar surface area (TPSA) is 66.0 Å². The van der Waals surface area contributed by atoms with Crippen LogP contribution >= 0.6 is 0 Å². The summed E-state index contributed by atoms with van der Waals surface area (Å²) in [5, 5.41) is 4.32. The molecule has 0 amide bonds. The van der Waals surface area contributed by atoms with E-state index in [1.807, 2.05) is 11.6 Å². The maximum atomic E-state index is 5.90. The summed E-state index contributed by atoms with van der Waals surface area (Å²) in [6, 6.07) is -0.109. The fourth-order valence-electron chi connectivity index (χ4n) is 2.02. The lowest BCUT2D eigenvalue weighted by molar-refractivity contribution is -0.0230. The lowest BCUT2D eigenvalue weighted by Crippen LogP contribution is -2.23. The predicted molar refractivity (Wildman–Crippen MR) is 60.8 cm³/mol. The third kappa shape index (κ3) is 2.59. The molecule has 0 saturated carbocycles. The zero-order valence-electron chi connectivity index (χ0n) is 10.2. The second kappa shape index (κ2) is 4.14. The van der Waals surface area contributed by atoms with Crippen molar-refractivity contribution in [1.82, 2.24) is 14.8 Å². The molecule has 1 aromatic rings. The van der Waals surface area contributed by atoms with Crippen LogP contribution < -0.4 is 5.73 Å². The van der Waals surface area contributed by atoms with Gasteiger partial charge in [0.15, 0.2) is 5.82 Å². The Kier molecular flexibility index (Phi) is 2.99. The molecular formula is C11H20N4O. The van der Waals surface area contributed by atoms with Gasteiger partial charge in [0, 0.05) is 0 Å². The van der Waals surface area contributed by atoms with E-state index in [1.165, 1.54) is 0 Å². The summed E-state index contributed by atoms with van der Waals surface area (Å²) >= 11 is 0. The zero-order chi connectivity index (χ0) is 11.8. The van der Waals surface area contributed by atoms with Gasteiger partial charge in [0.05, 0.1) is 24.3 Å². The molecule has 2 atom stereocenters. The molecule has 0 bridgehead atoms. The Hall–Kier alpha value is -0.940. The standard InChI is InChI=1S/C11H20N4O/c1-8(12)10-13-7-15(14-10)6-9-4-5-11(2,3)16-9/h7-9H,4-6,12H2,1-3H3. The minimum absolute atomic E-state index is 0.00916. The van der Waals surface area contributed by atoms with E-state index in [0.717, 1.165) is 19.4 Å². The monoisotopic (exact) mass is 224 g/mol. The highest BCUT2D eigenvalue weighted by Gasteiger charge is 2.31. The van der Waals surface area contributed by atoms with Crippen LogP contribution in [-0.4, -0.2) is 26.5 Å². The highest BCUT2D eigenvalue weighted by atomic mass is 16.5. The van der Waals surface area contributed by atoms with Gasteiger partial charge in [0.1, 0.15) is 6.33 Å². The maximum absolute atomic E-state index is 5.90. The van der Waals surface area contributed by atoms with Gasteiger partial charge in [-0.2, -0.15) is 5.10 Å². The van der Waals surface area contributed by atoms with Crippen LogP contribution in [0.1, 0.15) is 45.5 Å². The fraction of sp³-hybridized carbons (Fsp3) is 0.818. The third-order valence-electron chi connectivity index (χ3n) is 2.91. The summed E-state index contributed by atoms with van der Waals surface area (Å²) in [6.45, 7) is 6.90. The molecule has 2 N–H and O–H groups in total. The van der Waals surface area contributed by atoms with Crippen molar-refractivity contribution in [2.45, 2.75) is 57.9 Å². The summed E-state index contributed by atoms with van der Waals surface area (Å²) in [4.78, 5) is 4.17. The van der Waals surface area contributed by atoms with Gasteiger partial charge in [-0.1, -0.05) is 0 Å². The van der Waals surface area contributed by atoms with Gasteiger partial charge in [-0.05, 0) is 33.6 Å². The molecule has 16 heavy (non-hydrogen) atoms. The van der Waals surface area contributed by atoms with Crippen LogP contribution in [0.25, 0.3) is 0 Å². The van der Waals surface area contributed by atoms with Crippen molar-refractivity contribution in [1.29, 1.82) is 0 Å². The first-order valence-electron chi connectivity index (χ1n) is 5.79. The summed E-state index contributed by atoms with van der Waals surface area (Å²) in [7, 11) is 0. The van der Waals surface area contributed by atoms with Crippen molar-refractivity contribution in [2.75, 3.05) is 0 Å². The Morgan fingerprint density at radius 2 is 2.44 bits per heavy atom. The number of hydrogen-bond acceptors (Lipinski definition) is 4. The van der Waals surface area contributed by atoms with Gasteiger partial charge in [-0.3, -0.25) is 4.68 Å². The molecule has 1 aliphatic rings. The largest absolute Gasteiger partial charge is 0.370 e. The van der Waals surface area contributed by atoms with Gasteiger partial charge in [-0.15, -0.1) is 0 Å². The molecule has 0 aliphatic carbocycles. The quantitative estimate of drug-likeness (QED) is 0.839. The second-order valence-electron chi connectivity index (χ2n) is 5.15. The van der Waals surface area contributed by atoms with Crippen molar-refractivity contribution in [3.8, 4) is 0 Å². The normalized spacial score (nSPS) is 25.9. The molecule has 1 fully saturated rings. The van der Waals surface area contributed by atoms with E-state index in [4.69, 9.17) is 10.5 Å². The summed E-state index contributed by atoms with van der Waals surface area (Å²) in [6.07, 6.45) is 4.16. The van der Waals surface area contributed by atoms with E-state index in [9.17, 15) is 0 Å². The molecular weight excluding hydrogens is 204 g/mol. The van der Waals surface area contributed by atoms with Crippen molar-refractivity contribution in [3.63, 3.8) is 0 Å². The average Bonchev–Trinajstić information content (AvgIpc) is 2.73. The van der Waals surface area contributed by atoms with Gasteiger partial charge < -0.3 is 10.5 Å². The Morgan fingerprint density at radius 1 is 1.69 bits per heavy atom. The highest BCUT2D eigenvalue weighted by molar-refractivity contribution is 4.88. The van der Waals surface area contributed by atoms with E-state index in [-0.39, 0.29) is 17.7 Å². The van der Waals surface area contributed by atoms with Gasteiger partial charge in [0.2, 0.25) is 0 Å². The number of nitrogens with two attached hydrogens (primary N) is 1. The van der Waals surface area contributed by atoms with Crippen LogP contribution in [0.5, 0.6) is 0 Å². The molecule has 1 aliphatic heterocycles. The van der Waals surface area contributed by atoms with E-state index in [2.05, 4.69) is 23.9 Å². The SMILES string of the molecule is CC(N)c1ncn(CC2CCC(C)(C)O2)n1. The Labute approximate surface area is 96.0 Å². The van der Waals surface area contributed by atoms with E-state index < -0.39 is 0 Å². The lowest BCUT2D eigenvalue weighted by Gasteiger charge is -2.18. The minimum atomic E-state index is -0.109. The van der Waals surface area contributed by atoms with Crippen molar-refractivity contribution in [3.05, 3.63) is 12.2 Å². The Balaban J connectivity index is 1.94. The van der Waals surface area contributed by atoms with E-state index in [1.54, 1.807) is 6.33 Å². The fourth-order valence-corrected chi connectivity index (χ4v) is 2.02. The molecule has 1 saturated heterocycles. The Morgan fingerprint density at radius 3 is 2.94 bits per heavy atom. The van der Waals surface area contributed by atoms with Crippen LogP contribution in [0, 0.1) is 0 Å². The molecule has 2 rings (SSSR count). The van der Waals surface area contributed by atoms with Crippen LogP contribution in [0.4, 0.5) is 0 Å². The van der Waals surface area contributed by atoms with Gasteiger partial charge in [-0.25, -0.2) is 4.98 Å². The van der Waals surface area contributed by atoms with Crippen LogP contribution in [-0.2, 0) is 11.3 Å². The van der Waals surface area contributed by atoms with E-state index >= 15 is 0 Å². The molecule has 5 heteroatoms. The molecule has 2 heterocycles. The first-order valence-corrected chi connectivity index (χ1v) is 5.79. The van der Waals surface area contributed by atoms with E-state index in [0.29, 0.717) is 5.82 Å². The zero-order valence-corrected chi connectivity index (χ0v) is 10.2. The summed E-state index contributed by atoms with van der Waals surface area (Å²) in [5.41, 5.74) is 5.72. The number of nitrogens with zero attached hydrogens (tertiary/aromatic N) is 3. The molecule has 0 radical (unpaired) electrons. The number of aromatic nitrogens is 3. The summed E-state index contributed by atoms with van der Waals surface area (Å²) < 4.78 is 7.73. The second-order valence-corrected chi connectivity index (χ2v) is 5.15. The minimum Gasteiger partial charge on any atom is -0.370 e. The lowest BCUT2D eigenvalue weighted by atomic mass is 10.1. The van der Waals surface area contributed by atoms with Crippen LogP contribution in [0.2, 0.25) is 0 Å². The van der Waals surface area contributed by atoms with Crippen LogP contribution in [0.3, 0.4) is 0 Å².